The van der Waals surface area contributed by atoms with Crippen molar-refractivity contribution in [2.24, 2.45) is 16.8 Å². The topological polar surface area (TPSA) is 74.2 Å². The first kappa shape index (κ1) is 19.5. The lowest BCUT2D eigenvalue weighted by Gasteiger charge is -2.34. The van der Waals surface area contributed by atoms with E-state index in [4.69, 9.17) is 9.73 Å². The van der Waals surface area contributed by atoms with Gasteiger partial charge in [-0.15, -0.1) is 0 Å². The Morgan fingerprint density at radius 1 is 1.08 bits per heavy atom. The summed E-state index contributed by atoms with van der Waals surface area (Å²) < 4.78 is 4.85. The normalized spacial score (nSPS) is 20.5. The molecule has 2 rings (SSSR count). The van der Waals surface area contributed by atoms with Crippen LogP contribution in [0.5, 0.6) is 0 Å². The number of carbonyl (C=O) groups is 2. The van der Waals surface area contributed by atoms with E-state index in [0.29, 0.717) is 5.92 Å². The second kappa shape index (κ2) is 9.63. The van der Waals surface area contributed by atoms with Crippen molar-refractivity contribution in [2.75, 3.05) is 46.4 Å². The molecule has 7 heteroatoms. The Morgan fingerprint density at radius 3 is 2.20 bits per heavy atom. The van der Waals surface area contributed by atoms with Gasteiger partial charge in [-0.25, -0.2) is 0 Å². The van der Waals surface area contributed by atoms with E-state index in [1.807, 2.05) is 4.90 Å². The maximum Gasteiger partial charge on any atom is 0.308 e. The number of esters is 1. The Labute approximate surface area is 150 Å². The molecule has 0 saturated carbocycles. The van der Waals surface area contributed by atoms with Crippen molar-refractivity contribution < 1.29 is 14.3 Å². The van der Waals surface area contributed by atoms with E-state index in [0.717, 1.165) is 70.9 Å². The van der Waals surface area contributed by atoms with E-state index in [-0.39, 0.29) is 17.8 Å². The number of carbonyl (C=O) groups excluding carboxylic acids is 2. The highest BCUT2D eigenvalue weighted by Gasteiger charge is 2.27. The number of nitrogens with zero attached hydrogens (tertiary/aromatic N) is 3. The van der Waals surface area contributed by atoms with E-state index >= 15 is 0 Å². The van der Waals surface area contributed by atoms with Crippen molar-refractivity contribution in [3.63, 3.8) is 0 Å². The SMILES string of the molecule is CCNC(=NCC1CCN(C(C)=O)CC1)N1CCC(C(=O)OC)CC1. The first-order valence-corrected chi connectivity index (χ1v) is 9.41. The molecule has 7 nitrogen and oxygen atoms in total. The average Bonchev–Trinajstić information content (AvgIpc) is 2.65. The molecule has 2 aliphatic rings. The van der Waals surface area contributed by atoms with Crippen molar-refractivity contribution >= 4 is 17.8 Å². The zero-order valence-electron chi connectivity index (χ0n) is 15.8. The van der Waals surface area contributed by atoms with Crippen molar-refractivity contribution in [3.05, 3.63) is 0 Å². The number of guanidine groups is 1. The van der Waals surface area contributed by atoms with E-state index < -0.39 is 0 Å². The third-order valence-corrected chi connectivity index (χ3v) is 5.22. The standard InChI is InChI=1S/C18H32N4O3/c1-4-19-18(22-11-7-16(8-12-22)17(24)25-3)20-13-15-5-9-21(10-6-15)14(2)23/h15-16H,4-13H2,1-3H3,(H,19,20). The molecule has 0 aromatic heterocycles. The minimum Gasteiger partial charge on any atom is -0.469 e. The van der Waals surface area contributed by atoms with E-state index in [1.165, 1.54) is 7.11 Å². The highest BCUT2D eigenvalue weighted by molar-refractivity contribution is 5.80. The van der Waals surface area contributed by atoms with Crippen LogP contribution in [0.3, 0.4) is 0 Å². The summed E-state index contributed by atoms with van der Waals surface area (Å²) in [5.74, 6) is 1.57. The highest BCUT2D eigenvalue weighted by atomic mass is 16.5. The molecule has 0 aromatic carbocycles. The number of aliphatic imine (C=N–C) groups is 1. The Kier molecular flexibility index (Phi) is 7.52. The molecule has 0 aliphatic carbocycles. The van der Waals surface area contributed by atoms with Gasteiger partial charge in [0.05, 0.1) is 13.0 Å². The monoisotopic (exact) mass is 352 g/mol. The van der Waals surface area contributed by atoms with Gasteiger partial charge >= 0.3 is 5.97 Å². The van der Waals surface area contributed by atoms with Crippen LogP contribution in [0.1, 0.15) is 39.5 Å². The first-order valence-electron chi connectivity index (χ1n) is 9.41. The Bertz CT molecular complexity index is 479. The lowest BCUT2D eigenvalue weighted by Crippen LogP contribution is -2.47. The summed E-state index contributed by atoms with van der Waals surface area (Å²) in [4.78, 5) is 32.1. The molecule has 2 aliphatic heterocycles. The summed E-state index contributed by atoms with van der Waals surface area (Å²) in [6, 6.07) is 0. The molecule has 1 amide bonds. The van der Waals surface area contributed by atoms with Crippen LogP contribution in [-0.2, 0) is 14.3 Å². The van der Waals surface area contributed by atoms with Gasteiger partial charge in [0.2, 0.25) is 5.91 Å². The number of nitrogens with one attached hydrogen (secondary N) is 1. The fourth-order valence-electron chi connectivity index (χ4n) is 3.57. The summed E-state index contributed by atoms with van der Waals surface area (Å²) in [5.41, 5.74) is 0. The molecule has 0 spiro atoms. The first-order chi connectivity index (χ1) is 12.0. The van der Waals surface area contributed by atoms with Gasteiger partial charge in [0, 0.05) is 46.2 Å². The highest BCUT2D eigenvalue weighted by Crippen LogP contribution is 2.20. The minimum atomic E-state index is -0.0983. The molecule has 142 valence electrons. The maximum atomic E-state index is 11.7. The number of hydrogen-bond donors (Lipinski definition) is 1. The summed E-state index contributed by atoms with van der Waals surface area (Å²) in [5, 5.41) is 3.37. The zero-order chi connectivity index (χ0) is 18.2. The van der Waals surface area contributed by atoms with Gasteiger partial charge < -0.3 is 19.9 Å². The lowest BCUT2D eigenvalue weighted by molar-refractivity contribution is -0.146. The lowest BCUT2D eigenvalue weighted by atomic mass is 9.96. The van der Waals surface area contributed by atoms with Gasteiger partial charge in [0.15, 0.2) is 5.96 Å². The number of hydrogen-bond acceptors (Lipinski definition) is 4. The van der Waals surface area contributed by atoms with Crippen molar-refractivity contribution in [1.29, 1.82) is 0 Å². The van der Waals surface area contributed by atoms with Crippen LogP contribution < -0.4 is 5.32 Å². The van der Waals surface area contributed by atoms with Crippen LogP contribution in [0.2, 0.25) is 0 Å². The predicted molar refractivity (Wildman–Crippen MR) is 97.3 cm³/mol. The molecule has 0 unspecified atom stereocenters. The molecular formula is C18H32N4O3. The number of methoxy groups -OCH3 is 1. The predicted octanol–water partition coefficient (Wildman–Crippen LogP) is 1.10. The Hall–Kier alpha value is -1.79. The molecule has 2 heterocycles. The molecule has 0 bridgehead atoms. The van der Waals surface area contributed by atoms with Crippen LogP contribution in [0, 0.1) is 11.8 Å². The Balaban J connectivity index is 1.85. The smallest absolute Gasteiger partial charge is 0.308 e. The second-order valence-corrected chi connectivity index (χ2v) is 6.93. The van der Waals surface area contributed by atoms with Crippen LogP contribution >= 0.6 is 0 Å². The van der Waals surface area contributed by atoms with Gasteiger partial charge in [0.1, 0.15) is 0 Å². The van der Waals surface area contributed by atoms with Gasteiger partial charge in [-0.3, -0.25) is 14.6 Å². The number of ether oxygens (including phenoxy) is 1. The quantitative estimate of drug-likeness (QED) is 0.466. The van der Waals surface area contributed by atoms with Crippen LogP contribution in [-0.4, -0.2) is 74.0 Å². The molecule has 25 heavy (non-hydrogen) atoms. The molecule has 0 atom stereocenters. The van der Waals surface area contributed by atoms with Gasteiger partial charge in [-0.2, -0.15) is 0 Å². The third kappa shape index (κ3) is 5.61. The van der Waals surface area contributed by atoms with Crippen LogP contribution in [0.4, 0.5) is 0 Å². The molecule has 1 N–H and O–H groups in total. The van der Waals surface area contributed by atoms with E-state index in [9.17, 15) is 9.59 Å². The average molecular weight is 352 g/mol. The van der Waals surface area contributed by atoms with Crippen molar-refractivity contribution in [1.82, 2.24) is 15.1 Å². The summed E-state index contributed by atoms with van der Waals surface area (Å²) in [7, 11) is 1.46. The second-order valence-electron chi connectivity index (χ2n) is 6.93. The van der Waals surface area contributed by atoms with Crippen LogP contribution in [0.25, 0.3) is 0 Å². The van der Waals surface area contributed by atoms with Crippen molar-refractivity contribution in [2.45, 2.75) is 39.5 Å². The number of amides is 1. The molecular weight excluding hydrogens is 320 g/mol. The largest absolute Gasteiger partial charge is 0.469 e. The molecule has 2 fully saturated rings. The fourth-order valence-corrected chi connectivity index (χ4v) is 3.57. The van der Waals surface area contributed by atoms with E-state index in [1.54, 1.807) is 6.92 Å². The number of likely N-dealkylation sites (tertiary alicyclic amines) is 2. The Morgan fingerprint density at radius 2 is 1.68 bits per heavy atom. The minimum absolute atomic E-state index is 0.0139. The van der Waals surface area contributed by atoms with E-state index in [2.05, 4.69) is 17.1 Å². The van der Waals surface area contributed by atoms with Crippen LogP contribution in [0.15, 0.2) is 4.99 Å². The molecule has 0 radical (unpaired) electrons. The summed E-state index contributed by atoms with van der Waals surface area (Å²) in [6.07, 6.45) is 3.67. The fraction of sp³-hybridized carbons (Fsp3) is 0.833. The van der Waals surface area contributed by atoms with Crippen molar-refractivity contribution in [3.8, 4) is 0 Å². The number of piperidine rings is 2. The summed E-state index contributed by atoms with van der Waals surface area (Å²) in [6.45, 7) is 8.68. The maximum absolute atomic E-state index is 11.7. The van der Waals surface area contributed by atoms with Gasteiger partial charge in [-0.1, -0.05) is 0 Å². The summed E-state index contributed by atoms with van der Waals surface area (Å²) >= 11 is 0. The van der Waals surface area contributed by atoms with Gasteiger partial charge in [-0.05, 0) is 38.5 Å². The third-order valence-electron chi connectivity index (χ3n) is 5.22. The molecule has 0 aromatic rings. The zero-order valence-corrected chi connectivity index (χ0v) is 15.8. The number of rotatable bonds is 4. The van der Waals surface area contributed by atoms with Gasteiger partial charge in [0.25, 0.3) is 0 Å². The molecule has 2 saturated heterocycles.